The van der Waals surface area contributed by atoms with Gasteiger partial charge in [-0.1, -0.05) is 29.3 Å². The maximum atomic E-state index is 13.7. The molecule has 2 heterocycles. The highest BCUT2D eigenvalue weighted by Crippen LogP contribution is 2.33. The van der Waals surface area contributed by atoms with Crippen molar-refractivity contribution >= 4 is 38.9 Å². The van der Waals surface area contributed by atoms with Crippen molar-refractivity contribution in [3.8, 4) is 5.75 Å². The summed E-state index contributed by atoms with van der Waals surface area (Å²) in [5.74, 6) is 0.396. The molecule has 0 aliphatic rings. The van der Waals surface area contributed by atoms with Crippen LogP contribution in [0.4, 0.5) is 10.2 Å². The number of halogens is 3. The molecule has 29 heavy (non-hydrogen) atoms. The van der Waals surface area contributed by atoms with Crippen molar-refractivity contribution in [1.29, 1.82) is 0 Å². The SMILES string of the molecule is COc1cc(Cl)cnc1N[C@@H](c1ccc(F)c(Cl)c1)c1nc(S(C)(=O)=O)c(C)[nH]1. The second kappa shape index (κ2) is 8.17. The fourth-order valence-corrected chi connectivity index (χ4v) is 4.00. The number of ether oxygens (including phenoxy) is 1. The Morgan fingerprint density at radius 1 is 1.28 bits per heavy atom. The summed E-state index contributed by atoms with van der Waals surface area (Å²) in [4.78, 5) is 11.4. The van der Waals surface area contributed by atoms with Crippen LogP contribution in [0.5, 0.6) is 5.75 Å². The summed E-state index contributed by atoms with van der Waals surface area (Å²) in [7, 11) is -2.09. The number of H-pyrrole nitrogens is 1. The van der Waals surface area contributed by atoms with E-state index < -0.39 is 21.7 Å². The first kappa shape index (κ1) is 21.4. The lowest BCUT2D eigenvalue weighted by Crippen LogP contribution is -2.16. The average Bonchev–Trinajstić information content (AvgIpc) is 3.04. The van der Waals surface area contributed by atoms with Crippen LogP contribution in [0.25, 0.3) is 0 Å². The van der Waals surface area contributed by atoms with E-state index in [0.29, 0.717) is 27.8 Å². The maximum absolute atomic E-state index is 13.7. The second-order valence-electron chi connectivity index (χ2n) is 6.28. The van der Waals surface area contributed by atoms with Crippen LogP contribution < -0.4 is 10.1 Å². The predicted molar refractivity (Wildman–Crippen MR) is 109 cm³/mol. The van der Waals surface area contributed by atoms with Crippen LogP contribution in [-0.4, -0.2) is 36.7 Å². The van der Waals surface area contributed by atoms with E-state index in [1.165, 1.54) is 31.5 Å². The normalized spacial score (nSPS) is 12.6. The molecule has 11 heteroatoms. The summed E-state index contributed by atoms with van der Waals surface area (Å²) in [6, 6.07) is 4.99. The molecule has 0 amide bonds. The van der Waals surface area contributed by atoms with Gasteiger partial charge >= 0.3 is 0 Å². The molecule has 0 aliphatic carbocycles. The monoisotopic (exact) mass is 458 g/mol. The minimum Gasteiger partial charge on any atom is -0.493 e. The predicted octanol–water partition coefficient (Wildman–Crippen LogP) is 4.17. The lowest BCUT2D eigenvalue weighted by atomic mass is 10.1. The molecule has 3 rings (SSSR count). The number of methoxy groups -OCH3 is 1. The number of anilines is 1. The van der Waals surface area contributed by atoms with Gasteiger partial charge in [-0.25, -0.2) is 22.8 Å². The smallest absolute Gasteiger partial charge is 0.194 e. The first-order valence-corrected chi connectivity index (χ1v) is 10.9. The van der Waals surface area contributed by atoms with Crippen molar-refractivity contribution in [3.63, 3.8) is 0 Å². The van der Waals surface area contributed by atoms with Gasteiger partial charge in [-0.05, 0) is 24.6 Å². The number of hydrogen-bond acceptors (Lipinski definition) is 6. The Morgan fingerprint density at radius 2 is 2.00 bits per heavy atom. The molecule has 7 nitrogen and oxygen atoms in total. The Bertz CT molecular complexity index is 1170. The molecule has 0 spiro atoms. The first-order chi connectivity index (χ1) is 13.6. The third-order valence-corrected chi connectivity index (χ3v) is 5.68. The summed E-state index contributed by atoms with van der Waals surface area (Å²) in [5, 5.41) is 3.34. The number of hydrogen-bond donors (Lipinski definition) is 2. The van der Waals surface area contributed by atoms with E-state index in [1.54, 1.807) is 13.0 Å². The van der Waals surface area contributed by atoms with Gasteiger partial charge in [-0.2, -0.15) is 0 Å². The molecule has 0 fully saturated rings. The van der Waals surface area contributed by atoms with Gasteiger partial charge in [0.25, 0.3) is 0 Å². The zero-order valence-electron chi connectivity index (χ0n) is 15.6. The number of rotatable bonds is 6. The Labute approximate surface area is 177 Å². The standard InChI is InChI=1S/C18H17Cl2FN4O3S/c1-9-18(29(3,26)27)25-17(23-9)15(10-4-5-13(21)12(20)6-10)24-16-14(28-2)7-11(19)8-22-16/h4-8,15H,1-3H3,(H,22,24)(H,23,25)/t15-/m0/s1. The number of sulfone groups is 1. The summed E-state index contributed by atoms with van der Waals surface area (Å²) in [6.07, 6.45) is 2.50. The molecule has 154 valence electrons. The molecule has 0 saturated carbocycles. The molecule has 3 aromatic rings. The fraction of sp³-hybridized carbons (Fsp3) is 0.222. The summed E-state index contributed by atoms with van der Waals surface area (Å²) in [5.41, 5.74) is 0.905. The molecule has 2 N–H and O–H groups in total. The van der Waals surface area contributed by atoms with Crippen LogP contribution >= 0.6 is 23.2 Å². The second-order valence-corrected chi connectivity index (χ2v) is 9.05. The Hall–Kier alpha value is -2.36. The zero-order chi connectivity index (χ0) is 21.3. The van der Waals surface area contributed by atoms with Crippen molar-refractivity contribution in [2.45, 2.75) is 18.0 Å². The van der Waals surface area contributed by atoms with Crippen molar-refractivity contribution in [1.82, 2.24) is 15.0 Å². The van der Waals surface area contributed by atoms with Crippen LogP contribution in [0.15, 0.2) is 35.5 Å². The molecule has 2 aromatic heterocycles. The number of aromatic amines is 1. The maximum Gasteiger partial charge on any atom is 0.194 e. The van der Waals surface area contributed by atoms with Crippen LogP contribution in [0.3, 0.4) is 0 Å². The summed E-state index contributed by atoms with van der Waals surface area (Å²) in [6.45, 7) is 1.60. The average molecular weight is 459 g/mol. The van der Waals surface area contributed by atoms with Crippen molar-refractivity contribution < 1.29 is 17.5 Å². The number of nitrogens with zero attached hydrogens (tertiary/aromatic N) is 2. The number of pyridine rings is 1. The fourth-order valence-electron chi connectivity index (χ4n) is 2.79. The molecule has 1 atom stereocenters. The highest BCUT2D eigenvalue weighted by Gasteiger charge is 2.25. The number of aryl methyl sites for hydroxylation is 1. The van der Waals surface area contributed by atoms with Gasteiger partial charge in [-0.3, -0.25) is 0 Å². The highest BCUT2D eigenvalue weighted by atomic mass is 35.5. The third-order valence-electron chi connectivity index (χ3n) is 4.08. The molecule has 0 bridgehead atoms. The van der Waals surface area contributed by atoms with Gasteiger partial charge in [0.15, 0.2) is 26.4 Å². The lowest BCUT2D eigenvalue weighted by Gasteiger charge is -2.20. The van der Waals surface area contributed by atoms with E-state index in [1.807, 2.05) is 0 Å². The third kappa shape index (κ3) is 4.63. The van der Waals surface area contributed by atoms with E-state index >= 15 is 0 Å². The molecule has 0 aliphatic heterocycles. The molecule has 0 saturated heterocycles. The lowest BCUT2D eigenvalue weighted by molar-refractivity contribution is 0.414. The van der Waals surface area contributed by atoms with E-state index in [2.05, 4.69) is 20.3 Å². The quantitative estimate of drug-likeness (QED) is 0.575. The van der Waals surface area contributed by atoms with Crippen LogP contribution in [0.2, 0.25) is 10.0 Å². The van der Waals surface area contributed by atoms with Crippen molar-refractivity contribution in [2.24, 2.45) is 0 Å². The van der Waals surface area contributed by atoms with Gasteiger partial charge in [0.1, 0.15) is 17.7 Å². The van der Waals surface area contributed by atoms with E-state index in [-0.39, 0.29) is 15.9 Å². The zero-order valence-corrected chi connectivity index (χ0v) is 18.0. The van der Waals surface area contributed by atoms with Crippen LogP contribution in [0.1, 0.15) is 23.1 Å². The largest absolute Gasteiger partial charge is 0.493 e. The van der Waals surface area contributed by atoms with E-state index in [4.69, 9.17) is 27.9 Å². The highest BCUT2D eigenvalue weighted by molar-refractivity contribution is 7.90. The van der Waals surface area contributed by atoms with Gasteiger partial charge < -0.3 is 15.0 Å². The number of imidazole rings is 1. The number of benzene rings is 1. The van der Waals surface area contributed by atoms with Crippen molar-refractivity contribution in [2.75, 3.05) is 18.7 Å². The molecule has 1 aromatic carbocycles. The molecule has 0 unspecified atom stereocenters. The van der Waals surface area contributed by atoms with Gasteiger partial charge in [-0.15, -0.1) is 0 Å². The molecule has 0 radical (unpaired) electrons. The molecular formula is C18H17Cl2FN4O3S. The number of nitrogens with one attached hydrogen (secondary N) is 2. The van der Waals surface area contributed by atoms with Crippen molar-refractivity contribution in [3.05, 3.63) is 63.4 Å². The van der Waals surface area contributed by atoms with Gasteiger partial charge in [0, 0.05) is 18.5 Å². The Morgan fingerprint density at radius 3 is 2.59 bits per heavy atom. The van der Waals surface area contributed by atoms with Gasteiger partial charge in [0.2, 0.25) is 0 Å². The van der Waals surface area contributed by atoms with Gasteiger partial charge in [0.05, 0.1) is 22.8 Å². The minimum atomic E-state index is -3.55. The summed E-state index contributed by atoms with van der Waals surface area (Å²) >= 11 is 11.9. The van der Waals surface area contributed by atoms with Crippen LogP contribution in [-0.2, 0) is 9.84 Å². The van der Waals surface area contributed by atoms with E-state index in [9.17, 15) is 12.8 Å². The number of aromatic nitrogens is 3. The minimum absolute atomic E-state index is 0.0801. The molecular weight excluding hydrogens is 442 g/mol. The topological polar surface area (TPSA) is 97.0 Å². The Kier molecular flexibility index (Phi) is 6.02. The summed E-state index contributed by atoms with van der Waals surface area (Å²) < 4.78 is 43.0. The first-order valence-electron chi connectivity index (χ1n) is 8.27. The van der Waals surface area contributed by atoms with Crippen LogP contribution in [0, 0.1) is 12.7 Å². The van der Waals surface area contributed by atoms with E-state index in [0.717, 1.165) is 6.26 Å². The Balaban J connectivity index is 2.14.